The van der Waals surface area contributed by atoms with Crippen molar-refractivity contribution in [3.05, 3.63) is 48.0 Å². The Morgan fingerprint density at radius 3 is 2.44 bits per heavy atom. The largest absolute Gasteiger partial charge is 0.493 e. The molecule has 0 radical (unpaired) electrons. The van der Waals surface area contributed by atoms with Gasteiger partial charge in [-0.25, -0.2) is 9.78 Å². The van der Waals surface area contributed by atoms with Crippen molar-refractivity contribution in [3.8, 4) is 11.5 Å². The zero-order valence-corrected chi connectivity index (χ0v) is 10.1. The number of methoxy groups -OCH3 is 1. The molecule has 0 aliphatic carbocycles. The van der Waals surface area contributed by atoms with Crippen LogP contribution < -0.4 is 9.47 Å². The highest BCUT2D eigenvalue weighted by atomic mass is 16.6. The van der Waals surface area contributed by atoms with E-state index in [0.717, 1.165) is 5.69 Å². The molecule has 0 N–H and O–H groups in total. The Morgan fingerprint density at radius 2 is 1.83 bits per heavy atom. The number of aryl methyl sites for hydroxylation is 1. The Morgan fingerprint density at radius 1 is 1.11 bits per heavy atom. The monoisotopic (exact) mass is 244 g/mol. The van der Waals surface area contributed by atoms with Crippen LogP contribution in [0.3, 0.4) is 0 Å². The Balaban J connectivity index is 2.18. The lowest BCUT2D eigenvalue weighted by Crippen LogP contribution is -2.11. The zero-order chi connectivity index (χ0) is 13.0. The summed E-state index contributed by atoms with van der Waals surface area (Å²) in [4.78, 5) is 19.8. The highest BCUT2D eigenvalue weighted by Gasteiger charge is 2.13. The van der Waals surface area contributed by atoms with Crippen molar-refractivity contribution < 1.29 is 14.3 Å². The van der Waals surface area contributed by atoms with Crippen molar-refractivity contribution in [1.29, 1.82) is 0 Å². The van der Waals surface area contributed by atoms with Crippen LogP contribution in [-0.2, 0) is 0 Å². The van der Waals surface area contributed by atoms with Crippen molar-refractivity contribution in [2.45, 2.75) is 6.92 Å². The lowest BCUT2D eigenvalue weighted by Gasteiger charge is -2.07. The molecule has 1 heterocycles. The Kier molecular flexibility index (Phi) is 3.52. The van der Waals surface area contributed by atoms with E-state index in [1.807, 2.05) is 0 Å². The molecule has 0 spiro atoms. The van der Waals surface area contributed by atoms with Gasteiger partial charge in [-0.15, -0.1) is 0 Å². The van der Waals surface area contributed by atoms with E-state index in [1.165, 1.54) is 19.5 Å². The number of hydrogen-bond donors (Lipinski definition) is 0. The second-order valence-corrected chi connectivity index (χ2v) is 3.58. The maximum atomic E-state index is 11.8. The number of hydrogen-bond acceptors (Lipinski definition) is 5. The second kappa shape index (κ2) is 5.27. The molecular formula is C13H12N2O3. The van der Waals surface area contributed by atoms with Gasteiger partial charge < -0.3 is 9.47 Å². The first-order valence-electron chi connectivity index (χ1n) is 5.34. The predicted octanol–water partition coefficient (Wildman–Crippen LogP) is 2.01. The van der Waals surface area contributed by atoms with Gasteiger partial charge in [0, 0.05) is 6.20 Å². The summed E-state index contributed by atoms with van der Waals surface area (Å²) >= 11 is 0. The average Bonchev–Trinajstić information content (AvgIpc) is 2.40. The third-order valence-electron chi connectivity index (χ3n) is 2.26. The van der Waals surface area contributed by atoms with Crippen LogP contribution in [0.1, 0.15) is 16.2 Å². The quantitative estimate of drug-likeness (QED) is 0.610. The van der Waals surface area contributed by atoms with Crippen LogP contribution >= 0.6 is 0 Å². The molecule has 18 heavy (non-hydrogen) atoms. The third kappa shape index (κ3) is 2.63. The first kappa shape index (κ1) is 12.0. The fourth-order valence-corrected chi connectivity index (χ4v) is 1.35. The number of esters is 1. The molecule has 1 aromatic carbocycles. The topological polar surface area (TPSA) is 61.3 Å². The number of rotatable bonds is 3. The molecule has 0 bridgehead atoms. The number of carbonyl (C=O) groups is 1. The minimum absolute atomic E-state index is 0.159. The summed E-state index contributed by atoms with van der Waals surface area (Å²) in [5.74, 6) is 0.283. The number of nitrogens with zero attached hydrogens (tertiary/aromatic N) is 2. The molecule has 1 aromatic heterocycles. The van der Waals surface area contributed by atoms with Gasteiger partial charge in [-0.2, -0.15) is 0 Å². The van der Waals surface area contributed by atoms with Gasteiger partial charge in [0.05, 0.1) is 19.0 Å². The lowest BCUT2D eigenvalue weighted by atomic mass is 10.3. The van der Waals surface area contributed by atoms with Gasteiger partial charge in [-0.1, -0.05) is 12.1 Å². The summed E-state index contributed by atoms with van der Waals surface area (Å²) < 4.78 is 10.3. The van der Waals surface area contributed by atoms with Gasteiger partial charge in [0.25, 0.3) is 0 Å². The third-order valence-corrected chi connectivity index (χ3v) is 2.26. The van der Waals surface area contributed by atoms with E-state index in [2.05, 4.69) is 9.97 Å². The van der Waals surface area contributed by atoms with Crippen molar-refractivity contribution in [2.24, 2.45) is 0 Å². The Labute approximate surface area is 104 Å². The molecule has 0 atom stereocenters. The lowest BCUT2D eigenvalue weighted by molar-refractivity contribution is 0.0723. The van der Waals surface area contributed by atoms with Gasteiger partial charge >= 0.3 is 5.97 Å². The molecule has 0 unspecified atom stereocenters. The highest BCUT2D eigenvalue weighted by Crippen LogP contribution is 2.26. The van der Waals surface area contributed by atoms with E-state index in [4.69, 9.17) is 9.47 Å². The van der Waals surface area contributed by atoms with Crippen LogP contribution in [0.2, 0.25) is 0 Å². The minimum atomic E-state index is -0.563. The normalized spacial score (nSPS) is 9.89. The number of para-hydroxylation sites is 2. The number of aromatic nitrogens is 2. The first-order valence-corrected chi connectivity index (χ1v) is 5.34. The SMILES string of the molecule is COc1ccccc1OC(=O)c1cnc(C)cn1. The summed E-state index contributed by atoms with van der Waals surface area (Å²) in [6.07, 6.45) is 2.89. The summed E-state index contributed by atoms with van der Waals surface area (Å²) in [6.45, 7) is 1.79. The molecule has 0 fully saturated rings. The van der Waals surface area contributed by atoms with E-state index in [9.17, 15) is 4.79 Å². The Bertz CT molecular complexity index is 552. The number of benzene rings is 1. The van der Waals surface area contributed by atoms with Crippen LogP contribution in [0.15, 0.2) is 36.7 Å². The molecule has 5 heteroatoms. The van der Waals surface area contributed by atoms with Gasteiger partial charge in [-0.3, -0.25) is 4.98 Å². The minimum Gasteiger partial charge on any atom is -0.493 e. The van der Waals surface area contributed by atoms with Crippen LogP contribution in [0.25, 0.3) is 0 Å². The highest BCUT2D eigenvalue weighted by molar-refractivity contribution is 5.88. The number of ether oxygens (including phenoxy) is 2. The summed E-state index contributed by atoms with van der Waals surface area (Å²) in [7, 11) is 1.51. The van der Waals surface area contributed by atoms with Gasteiger partial charge in [-0.05, 0) is 19.1 Å². The molecule has 0 aliphatic heterocycles. The van der Waals surface area contributed by atoms with E-state index in [1.54, 1.807) is 31.2 Å². The van der Waals surface area contributed by atoms with Crippen LogP contribution in [0.5, 0.6) is 11.5 Å². The van der Waals surface area contributed by atoms with Crippen LogP contribution in [-0.4, -0.2) is 23.0 Å². The Hall–Kier alpha value is -2.43. The van der Waals surface area contributed by atoms with Gasteiger partial charge in [0.15, 0.2) is 17.2 Å². The van der Waals surface area contributed by atoms with Crippen molar-refractivity contribution in [2.75, 3.05) is 7.11 Å². The molecule has 2 aromatic rings. The smallest absolute Gasteiger partial charge is 0.364 e. The molecule has 0 amide bonds. The molecule has 92 valence electrons. The average molecular weight is 244 g/mol. The standard InChI is InChI=1S/C13H12N2O3/c1-9-7-15-10(8-14-9)13(16)18-12-6-4-3-5-11(12)17-2/h3-8H,1-2H3. The molecule has 0 saturated carbocycles. The maximum Gasteiger partial charge on any atom is 0.364 e. The summed E-state index contributed by atoms with van der Waals surface area (Å²) in [5, 5.41) is 0. The maximum absolute atomic E-state index is 11.8. The molecular weight excluding hydrogens is 232 g/mol. The van der Waals surface area contributed by atoms with E-state index >= 15 is 0 Å². The second-order valence-electron chi connectivity index (χ2n) is 3.58. The first-order chi connectivity index (χ1) is 8.70. The molecule has 5 nitrogen and oxygen atoms in total. The van der Waals surface area contributed by atoms with E-state index in [0.29, 0.717) is 11.5 Å². The fraction of sp³-hybridized carbons (Fsp3) is 0.154. The van der Waals surface area contributed by atoms with E-state index in [-0.39, 0.29) is 5.69 Å². The van der Waals surface area contributed by atoms with Crippen molar-refractivity contribution in [1.82, 2.24) is 9.97 Å². The fourth-order valence-electron chi connectivity index (χ4n) is 1.35. The van der Waals surface area contributed by atoms with Crippen LogP contribution in [0, 0.1) is 6.92 Å². The van der Waals surface area contributed by atoms with Crippen molar-refractivity contribution >= 4 is 5.97 Å². The van der Waals surface area contributed by atoms with Crippen LogP contribution in [0.4, 0.5) is 0 Å². The van der Waals surface area contributed by atoms with Crippen molar-refractivity contribution in [3.63, 3.8) is 0 Å². The molecule has 0 saturated heterocycles. The molecule has 0 aliphatic rings. The summed E-state index contributed by atoms with van der Waals surface area (Å²) in [5.41, 5.74) is 0.898. The van der Waals surface area contributed by atoms with Gasteiger partial charge in [0.2, 0.25) is 0 Å². The zero-order valence-electron chi connectivity index (χ0n) is 10.1. The van der Waals surface area contributed by atoms with E-state index < -0.39 is 5.97 Å². The molecule has 2 rings (SSSR count). The predicted molar refractivity (Wildman–Crippen MR) is 64.7 cm³/mol. The van der Waals surface area contributed by atoms with Gasteiger partial charge in [0.1, 0.15) is 0 Å². The number of carbonyl (C=O) groups excluding carboxylic acids is 1. The summed E-state index contributed by atoms with van der Waals surface area (Å²) in [6, 6.07) is 6.91.